The Hall–Kier alpha value is -1.59. The summed E-state index contributed by atoms with van der Waals surface area (Å²) < 4.78 is 11.3. The SMILES string of the molecule is CC(C)(C)OC(=O)N1[C@H]([C@H](N)c2ccccc2)COC1(C)C. The Morgan fingerprint density at radius 1 is 1.36 bits per heavy atom. The number of nitrogens with two attached hydrogens (primary N) is 1. The molecule has 5 nitrogen and oxygen atoms in total. The smallest absolute Gasteiger partial charge is 0.412 e. The third kappa shape index (κ3) is 3.59. The predicted molar refractivity (Wildman–Crippen MR) is 85.3 cm³/mol. The number of nitrogens with zero attached hydrogens (tertiary/aromatic N) is 1. The molecule has 2 atom stereocenters. The lowest BCUT2D eigenvalue weighted by atomic mass is 9.99. The van der Waals surface area contributed by atoms with E-state index in [2.05, 4.69) is 0 Å². The van der Waals surface area contributed by atoms with Gasteiger partial charge in [-0.25, -0.2) is 4.79 Å². The summed E-state index contributed by atoms with van der Waals surface area (Å²) in [5.74, 6) is 0. The molecular formula is C17H26N2O3. The minimum Gasteiger partial charge on any atom is -0.444 e. The fourth-order valence-electron chi connectivity index (χ4n) is 2.66. The van der Waals surface area contributed by atoms with Crippen molar-refractivity contribution in [2.24, 2.45) is 5.73 Å². The maximum absolute atomic E-state index is 12.6. The molecule has 0 radical (unpaired) electrons. The first-order chi connectivity index (χ1) is 10.1. The van der Waals surface area contributed by atoms with Crippen LogP contribution in [-0.4, -0.2) is 35.0 Å². The van der Waals surface area contributed by atoms with Gasteiger partial charge < -0.3 is 15.2 Å². The minimum absolute atomic E-state index is 0.257. The maximum Gasteiger partial charge on any atom is 0.412 e. The van der Waals surface area contributed by atoms with Gasteiger partial charge in [-0.05, 0) is 40.2 Å². The lowest BCUT2D eigenvalue weighted by Gasteiger charge is -2.36. The third-order valence-corrected chi connectivity index (χ3v) is 3.71. The molecule has 1 saturated heterocycles. The van der Waals surface area contributed by atoms with E-state index in [1.165, 1.54) is 0 Å². The number of ether oxygens (including phenoxy) is 2. The van der Waals surface area contributed by atoms with Crippen molar-refractivity contribution in [2.45, 2.75) is 58.0 Å². The molecule has 0 aromatic heterocycles. The molecular weight excluding hydrogens is 280 g/mol. The molecule has 2 rings (SSSR count). The Labute approximate surface area is 132 Å². The first-order valence-corrected chi connectivity index (χ1v) is 7.58. The topological polar surface area (TPSA) is 64.8 Å². The lowest BCUT2D eigenvalue weighted by molar-refractivity contribution is -0.0632. The molecule has 1 aromatic rings. The number of benzene rings is 1. The molecule has 1 aliphatic rings. The molecule has 22 heavy (non-hydrogen) atoms. The van der Waals surface area contributed by atoms with Crippen molar-refractivity contribution in [3.8, 4) is 0 Å². The van der Waals surface area contributed by atoms with E-state index in [-0.39, 0.29) is 12.1 Å². The van der Waals surface area contributed by atoms with Crippen LogP contribution in [0.15, 0.2) is 30.3 Å². The highest BCUT2D eigenvalue weighted by Crippen LogP contribution is 2.34. The Balaban J connectivity index is 2.25. The number of carbonyl (C=O) groups excluding carboxylic acids is 1. The van der Waals surface area contributed by atoms with Crippen molar-refractivity contribution in [1.29, 1.82) is 0 Å². The second kappa shape index (κ2) is 5.89. The molecule has 5 heteroatoms. The normalized spacial score (nSPS) is 22.5. The van der Waals surface area contributed by atoms with E-state index in [9.17, 15) is 4.79 Å². The highest BCUT2D eigenvalue weighted by Gasteiger charge is 2.48. The second-order valence-corrected chi connectivity index (χ2v) is 7.11. The van der Waals surface area contributed by atoms with Gasteiger partial charge in [-0.15, -0.1) is 0 Å². The van der Waals surface area contributed by atoms with Crippen LogP contribution >= 0.6 is 0 Å². The summed E-state index contributed by atoms with van der Waals surface area (Å²) in [7, 11) is 0. The van der Waals surface area contributed by atoms with Gasteiger partial charge in [0.05, 0.1) is 18.7 Å². The average Bonchev–Trinajstić information content (AvgIpc) is 2.72. The maximum atomic E-state index is 12.6. The van der Waals surface area contributed by atoms with Crippen molar-refractivity contribution in [1.82, 2.24) is 4.90 Å². The van der Waals surface area contributed by atoms with Crippen LogP contribution in [0.5, 0.6) is 0 Å². The molecule has 0 saturated carbocycles. The number of rotatable bonds is 2. The van der Waals surface area contributed by atoms with Crippen LogP contribution in [-0.2, 0) is 9.47 Å². The first-order valence-electron chi connectivity index (χ1n) is 7.58. The van der Waals surface area contributed by atoms with Gasteiger partial charge >= 0.3 is 6.09 Å². The molecule has 0 aliphatic carbocycles. The van der Waals surface area contributed by atoms with Crippen molar-refractivity contribution in [3.05, 3.63) is 35.9 Å². The molecule has 1 fully saturated rings. The zero-order valence-corrected chi connectivity index (χ0v) is 14.0. The van der Waals surface area contributed by atoms with E-state index in [1.807, 2.05) is 65.0 Å². The number of amides is 1. The molecule has 1 amide bonds. The van der Waals surface area contributed by atoms with Crippen LogP contribution in [0.4, 0.5) is 4.79 Å². The van der Waals surface area contributed by atoms with Gasteiger partial charge in [0.25, 0.3) is 0 Å². The van der Waals surface area contributed by atoms with E-state index in [1.54, 1.807) is 4.90 Å². The number of hydrogen-bond donors (Lipinski definition) is 1. The van der Waals surface area contributed by atoms with Gasteiger partial charge in [0, 0.05) is 0 Å². The van der Waals surface area contributed by atoms with Gasteiger partial charge in [-0.2, -0.15) is 0 Å². The molecule has 122 valence electrons. The minimum atomic E-state index is -0.737. The Morgan fingerprint density at radius 3 is 2.50 bits per heavy atom. The molecule has 0 bridgehead atoms. The zero-order valence-electron chi connectivity index (χ0n) is 14.0. The molecule has 1 aromatic carbocycles. The van der Waals surface area contributed by atoms with E-state index < -0.39 is 17.4 Å². The third-order valence-electron chi connectivity index (χ3n) is 3.71. The zero-order chi connectivity index (χ0) is 16.5. The van der Waals surface area contributed by atoms with Crippen LogP contribution in [0.1, 0.15) is 46.2 Å². The molecule has 2 N–H and O–H groups in total. The summed E-state index contributed by atoms with van der Waals surface area (Å²) in [6.07, 6.45) is -0.397. The first kappa shape index (κ1) is 16.8. The van der Waals surface area contributed by atoms with Gasteiger partial charge in [0.15, 0.2) is 0 Å². The lowest BCUT2D eigenvalue weighted by Crippen LogP contribution is -2.52. The summed E-state index contributed by atoms with van der Waals surface area (Å²) in [6, 6.07) is 9.16. The van der Waals surface area contributed by atoms with Crippen molar-refractivity contribution in [3.63, 3.8) is 0 Å². The van der Waals surface area contributed by atoms with E-state index in [0.29, 0.717) is 6.61 Å². The molecule has 0 unspecified atom stereocenters. The van der Waals surface area contributed by atoms with Gasteiger partial charge in [0.1, 0.15) is 11.3 Å². The van der Waals surface area contributed by atoms with Crippen molar-refractivity contribution in [2.75, 3.05) is 6.61 Å². The van der Waals surface area contributed by atoms with Gasteiger partial charge in [0.2, 0.25) is 0 Å². The summed E-state index contributed by atoms with van der Waals surface area (Å²) in [5, 5.41) is 0. The fourth-order valence-corrected chi connectivity index (χ4v) is 2.66. The Morgan fingerprint density at radius 2 is 1.95 bits per heavy atom. The highest BCUT2D eigenvalue weighted by molar-refractivity contribution is 5.70. The van der Waals surface area contributed by atoms with Crippen LogP contribution in [0.2, 0.25) is 0 Å². The van der Waals surface area contributed by atoms with E-state index in [4.69, 9.17) is 15.2 Å². The highest BCUT2D eigenvalue weighted by atomic mass is 16.6. The summed E-state index contributed by atoms with van der Waals surface area (Å²) >= 11 is 0. The van der Waals surface area contributed by atoms with Crippen LogP contribution in [0, 0.1) is 0 Å². The van der Waals surface area contributed by atoms with Gasteiger partial charge in [-0.1, -0.05) is 30.3 Å². The van der Waals surface area contributed by atoms with E-state index in [0.717, 1.165) is 5.56 Å². The van der Waals surface area contributed by atoms with Gasteiger partial charge in [-0.3, -0.25) is 4.90 Å². The monoisotopic (exact) mass is 306 g/mol. The van der Waals surface area contributed by atoms with Crippen LogP contribution < -0.4 is 5.73 Å². The second-order valence-electron chi connectivity index (χ2n) is 7.11. The van der Waals surface area contributed by atoms with Crippen molar-refractivity contribution >= 4 is 6.09 Å². The number of carbonyl (C=O) groups is 1. The summed E-state index contributed by atoms with van der Waals surface area (Å²) in [6.45, 7) is 9.65. The van der Waals surface area contributed by atoms with Crippen LogP contribution in [0.25, 0.3) is 0 Å². The summed E-state index contributed by atoms with van der Waals surface area (Å²) in [5.41, 5.74) is 6.06. The average molecular weight is 306 g/mol. The fraction of sp³-hybridized carbons (Fsp3) is 0.588. The van der Waals surface area contributed by atoms with Crippen molar-refractivity contribution < 1.29 is 14.3 Å². The predicted octanol–water partition coefficient (Wildman–Crippen LogP) is 3.06. The Kier molecular flexibility index (Phi) is 4.49. The Bertz CT molecular complexity index is 522. The van der Waals surface area contributed by atoms with Crippen LogP contribution in [0.3, 0.4) is 0 Å². The standard InChI is InChI=1S/C17H26N2O3/c1-16(2,3)22-15(20)19-13(11-21-17(19,4)5)14(18)12-9-7-6-8-10-12/h6-10,13-14H,11,18H2,1-5H3/t13-,14+/m0/s1. The quantitative estimate of drug-likeness (QED) is 0.912. The molecule has 0 spiro atoms. The molecule has 1 heterocycles. The molecule has 1 aliphatic heterocycles. The van der Waals surface area contributed by atoms with E-state index >= 15 is 0 Å². The largest absolute Gasteiger partial charge is 0.444 e. The summed E-state index contributed by atoms with van der Waals surface area (Å²) in [4.78, 5) is 14.2. The number of hydrogen-bond acceptors (Lipinski definition) is 4.